The molecule has 1 aromatic rings. The maximum absolute atomic E-state index is 12.9. The van der Waals surface area contributed by atoms with Gasteiger partial charge in [0.2, 0.25) is 0 Å². The summed E-state index contributed by atoms with van der Waals surface area (Å²) in [5, 5.41) is 0. The molecule has 25 heavy (non-hydrogen) atoms. The van der Waals surface area contributed by atoms with Gasteiger partial charge in [-0.2, -0.15) is 0 Å². The predicted octanol–water partition coefficient (Wildman–Crippen LogP) is 4.69. The zero-order chi connectivity index (χ0) is 18.7. The summed E-state index contributed by atoms with van der Waals surface area (Å²) in [6.45, 7) is 15.0. The number of hydrogen-bond donors (Lipinski definition) is 0. The average Bonchev–Trinajstić information content (AvgIpc) is 2.45. The summed E-state index contributed by atoms with van der Waals surface area (Å²) in [6, 6.07) is 10.7. The zero-order valence-corrected chi connectivity index (χ0v) is 16.7. The summed E-state index contributed by atoms with van der Waals surface area (Å²) in [5.74, 6) is 0. The van der Waals surface area contributed by atoms with Crippen LogP contribution in [-0.4, -0.2) is 46.2 Å². The molecule has 0 radical (unpaired) electrons. The van der Waals surface area contributed by atoms with Crippen LogP contribution in [0.2, 0.25) is 0 Å². The van der Waals surface area contributed by atoms with Gasteiger partial charge in [0, 0.05) is 24.7 Å². The lowest BCUT2D eigenvalue weighted by atomic mass is 9.97. The highest BCUT2D eigenvalue weighted by Gasteiger charge is 2.38. The van der Waals surface area contributed by atoms with Crippen molar-refractivity contribution in [1.82, 2.24) is 9.80 Å². The minimum Gasteiger partial charge on any atom is -0.444 e. The fraction of sp³-hybridized carbons (Fsp3) is 0.667. The summed E-state index contributed by atoms with van der Waals surface area (Å²) in [7, 11) is 0. The highest BCUT2D eigenvalue weighted by atomic mass is 16.6. The number of nitrogens with zero attached hydrogens (tertiary/aromatic N) is 2. The van der Waals surface area contributed by atoms with Gasteiger partial charge in [0.05, 0.1) is 0 Å². The summed E-state index contributed by atoms with van der Waals surface area (Å²) >= 11 is 0. The molecule has 1 heterocycles. The number of likely N-dealkylation sites (tertiary alicyclic amines) is 1. The number of ether oxygens (including phenoxy) is 1. The van der Waals surface area contributed by atoms with Crippen molar-refractivity contribution >= 4 is 6.09 Å². The topological polar surface area (TPSA) is 32.8 Å². The molecule has 4 nitrogen and oxygen atoms in total. The summed E-state index contributed by atoms with van der Waals surface area (Å²) < 4.78 is 5.70. The molecule has 1 saturated heterocycles. The van der Waals surface area contributed by atoms with Crippen LogP contribution in [0, 0.1) is 0 Å². The minimum absolute atomic E-state index is 0.187. The molecule has 1 fully saturated rings. The Balaban J connectivity index is 2.10. The van der Waals surface area contributed by atoms with Crippen molar-refractivity contribution in [2.45, 2.75) is 78.1 Å². The van der Waals surface area contributed by atoms with Crippen LogP contribution in [0.4, 0.5) is 4.79 Å². The molecule has 140 valence electrons. The number of benzene rings is 1. The Morgan fingerprint density at radius 2 is 1.80 bits per heavy atom. The van der Waals surface area contributed by atoms with Crippen LogP contribution in [-0.2, 0) is 11.3 Å². The average molecular weight is 347 g/mol. The standard InChI is InChI=1S/C21H34N2O2/c1-20(2,3)23(19(24)25-21(4,5)6)18-13-10-14-22(16-18)15-17-11-8-7-9-12-17/h7-9,11-12,18H,10,13-16H2,1-6H3/t18-/m0/s1. The van der Waals surface area contributed by atoms with Gasteiger partial charge in [-0.05, 0) is 66.5 Å². The van der Waals surface area contributed by atoms with Gasteiger partial charge in [-0.15, -0.1) is 0 Å². The van der Waals surface area contributed by atoms with Crippen LogP contribution >= 0.6 is 0 Å². The first kappa shape index (κ1) is 19.8. The van der Waals surface area contributed by atoms with Crippen molar-refractivity contribution in [2.75, 3.05) is 13.1 Å². The Bertz CT molecular complexity index is 557. The normalized spacial score (nSPS) is 19.5. The van der Waals surface area contributed by atoms with E-state index in [0.717, 1.165) is 32.5 Å². The van der Waals surface area contributed by atoms with Crippen LogP contribution in [0.1, 0.15) is 59.9 Å². The van der Waals surface area contributed by atoms with Gasteiger partial charge < -0.3 is 4.74 Å². The first-order valence-corrected chi connectivity index (χ1v) is 9.35. The zero-order valence-electron chi connectivity index (χ0n) is 16.7. The molecular weight excluding hydrogens is 312 g/mol. The molecular formula is C21H34N2O2. The van der Waals surface area contributed by atoms with Crippen LogP contribution in [0.5, 0.6) is 0 Å². The van der Waals surface area contributed by atoms with Crippen LogP contribution in [0.15, 0.2) is 30.3 Å². The van der Waals surface area contributed by atoms with Gasteiger partial charge >= 0.3 is 6.09 Å². The molecule has 0 saturated carbocycles. The van der Waals surface area contributed by atoms with Crippen molar-refractivity contribution in [3.05, 3.63) is 35.9 Å². The number of rotatable bonds is 3. The van der Waals surface area contributed by atoms with Gasteiger partial charge in [-0.25, -0.2) is 4.79 Å². The molecule has 1 aliphatic rings. The third-order valence-electron chi connectivity index (χ3n) is 4.41. The van der Waals surface area contributed by atoms with Crippen molar-refractivity contribution in [1.29, 1.82) is 0 Å². The molecule has 1 aliphatic heterocycles. The Morgan fingerprint density at radius 1 is 1.16 bits per heavy atom. The summed E-state index contributed by atoms with van der Waals surface area (Å²) in [6.07, 6.45) is 1.93. The molecule has 0 aromatic heterocycles. The first-order valence-electron chi connectivity index (χ1n) is 9.35. The molecule has 1 aromatic carbocycles. The van der Waals surface area contributed by atoms with E-state index in [1.54, 1.807) is 0 Å². The van der Waals surface area contributed by atoms with Crippen molar-refractivity contribution in [3.8, 4) is 0 Å². The van der Waals surface area contributed by atoms with E-state index in [1.807, 2.05) is 31.7 Å². The highest BCUT2D eigenvalue weighted by Crippen LogP contribution is 2.27. The Kier molecular flexibility index (Phi) is 6.15. The third-order valence-corrected chi connectivity index (χ3v) is 4.41. The smallest absolute Gasteiger partial charge is 0.411 e. The lowest BCUT2D eigenvalue weighted by Gasteiger charge is -2.45. The Labute approximate surface area is 153 Å². The van der Waals surface area contributed by atoms with Crippen LogP contribution < -0.4 is 0 Å². The van der Waals surface area contributed by atoms with E-state index in [4.69, 9.17) is 4.74 Å². The Morgan fingerprint density at radius 3 is 2.36 bits per heavy atom. The SMILES string of the molecule is CC(C)(C)OC(=O)N([C@H]1CCCN(Cc2ccccc2)C1)C(C)(C)C. The quantitative estimate of drug-likeness (QED) is 0.796. The van der Waals surface area contributed by atoms with Gasteiger partial charge in [0.1, 0.15) is 5.60 Å². The van der Waals surface area contributed by atoms with E-state index in [0.29, 0.717) is 0 Å². The van der Waals surface area contributed by atoms with Crippen molar-refractivity contribution < 1.29 is 9.53 Å². The van der Waals surface area contributed by atoms with Crippen molar-refractivity contribution in [3.63, 3.8) is 0 Å². The van der Waals surface area contributed by atoms with Gasteiger partial charge in [-0.3, -0.25) is 9.80 Å². The largest absolute Gasteiger partial charge is 0.444 e. The van der Waals surface area contributed by atoms with Crippen LogP contribution in [0.3, 0.4) is 0 Å². The van der Waals surface area contributed by atoms with E-state index in [1.165, 1.54) is 5.56 Å². The summed E-state index contributed by atoms with van der Waals surface area (Å²) in [5.41, 5.74) is 0.588. The predicted molar refractivity (Wildman–Crippen MR) is 103 cm³/mol. The molecule has 1 atom stereocenters. The number of piperidine rings is 1. The molecule has 0 aliphatic carbocycles. The minimum atomic E-state index is -0.473. The second kappa shape index (κ2) is 7.77. The van der Waals surface area contributed by atoms with E-state index >= 15 is 0 Å². The monoisotopic (exact) mass is 346 g/mol. The molecule has 0 N–H and O–H groups in total. The maximum Gasteiger partial charge on any atom is 0.411 e. The lowest BCUT2D eigenvalue weighted by molar-refractivity contribution is -0.0205. The molecule has 0 unspecified atom stereocenters. The summed E-state index contributed by atoms with van der Waals surface area (Å²) in [4.78, 5) is 17.3. The third kappa shape index (κ3) is 6.03. The van der Waals surface area contributed by atoms with Gasteiger partial charge in [-0.1, -0.05) is 30.3 Å². The molecule has 0 bridgehead atoms. The molecule has 0 spiro atoms. The molecule has 4 heteroatoms. The number of carbonyl (C=O) groups is 1. The first-order chi connectivity index (χ1) is 11.6. The lowest BCUT2D eigenvalue weighted by Crippen LogP contribution is -2.57. The second-order valence-corrected chi connectivity index (χ2v) is 9.04. The van der Waals surface area contributed by atoms with E-state index in [-0.39, 0.29) is 17.7 Å². The number of hydrogen-bond acceptors (Lipinski definition) is 3. The van der Waals surface area contributed by atoms with Crippen molar-refractivity contribution in [2.24, 2.45) is 0 Å². The maximum atomic E-state index is 12.9. The fourth-order valence-electron chi connectivity index (χ4n) is 3.51. The number of carbonyl (C=O) groups excluding carboxylic acids is 1. The van der Waals surface area contributed by atoms with E-state index < -0.39 is 5.60 Å². The van der Waals surface area contributed by atoms with Gasteiger partial charge in [0.15, 0.2) is 0 Å². The fourth-order valence-corrected chi connectivity index (χ4v) is 3.51. The highest BCUT2D eigenvalue weighted by molar-refractivity contribution is 5.69. The van der Waals surface area contributed by atoms with Gasteiger partial charge in [0.25, 0.3) is 0 Å². The second-order valence-electron chi connectivity index (χ2n) is 9.04. The number of amides is 1. The van der Waals surface area contributed by atoms with Crippen LogP contribution in [0.25, 0.3) is 0 Å². The Hall–Kier alpha value is -1.55. The van der Waals surface area contributed by atoms with E-state index in [9.17, 15) is 4.79 Å². The molecule has 2 rings (SSSR count). The van der Waals surface area contributed by atoms with E-state index in [2.05, 4.69) is 49.9 Å². The molecule has 1 amide bonds.